The monoisotopic (exact) mass is 1690 g/mol. The van der Waals surface area contributed by atoms with E-state index in [4.69, 9.17) is 38.4 Å². The molecule has 0 saturated heterocycles. The molecule has 3 unspecified atom stereocenters. The molecule has 6 aromatic rings. The number of aliphatic imine (C=N–C) groups is 5. The Hall–Kier alpha value is -9.77. The topological polar surface area (TPSA) is 246 Å². The lowest BCUT2D eigenvalue weighted by Gasteiger charge is -2.36. The molecule has 3 atom stereocenters. The molecule has 14 rings (SSSR count). The molecule has 5 aliphatic carbocycles. The van der Waals surface area contributed by atoms with Crippen LogP contribution in [0.4, 0.5) is 15.8 Å². The fraction of sp³-hybridized carbons (Fsp3) is 0.439. The quantitative estimate of drug-likeness (QED) is 0.0567. The van der Waals surface area contributed by atoms with Crippen LogP contribution in [-0.2, 0) is 49.6 Å². The molecule has 638 valence electrons. The number of ether oxygens (including phenoxy) is 6. The average Bonchev–Trinajstić information content (AvgIpc) is 0.786. The van der Waals surface area contributed by atoms with Crippen molar-refractivity contribution in [2.45, 2.75) is 190 Å². The Balaban J connectivity index is 0.000000158. The van der Waals surface area contributed by atoms with E-state index in [0.29, 0.717) is 23.7 Å². The molecule has 18 nitrogen and oxygen atoms in total. The van der Waals surface area contributed by atoms with Gasteiger partial charge in [-0.25, -0.2) is 18.8 Å². The predicted octanol–water partition coefficient (Wildman–Crippen LogP) is 22.2. The number of carboxylic acids is 3. The Kier molecular flexibility index (Phi) is 32.1. The summed E-state index contributed by atoms with van der Waals surface area (Å²) in [5.74, 6) is 2.66. The van der Waals surface area contributed by atoms with Crippen molar-refractivity contribution in [1.82, 2.24) is 0 Å². The highest BCUT2D eigenvalue weighted by atomic mass is 32.2. The fourth-order valence-electron chi connectivity index (χ4n) is 16.6. The van der Waals surface area contributed by atoms with Gasteiger partial charge in [0.25, 0.3) is 0 Å². The van der Waals surface area contributed by atoms with Crippen LogP contribution in [0.15, 0.2) is 225 Å². The summed E-state index contributed by atoms with van der Waals surface area (Å²) in [7, 11) is 9.73. The van der Waals surface area contributed by atoms with Crippen LogP contribution in [-0.4, -0.2) is 146 Å². The normalized spacial score (nSPS) is 20.9. The maximum absolute atomic E-state index is 13.1. The van der Waals surface area contributed by atoms with Crippen molar-refractivity contribution < 1.29 is 67.3 Å². The first-order valence-electron chi connectivity index (χ1n) is 41.0. The number of rotatable bonds is 21. The summed E-state index contributed by atoms with van der Waals surface area (Å²) in [4.78, 5) is 71.9. The molecule has 0 amide bonds. The minimum absolute atomic E-state index is 0.0681. The van der Waals surface area contributed by atoms with E-state index in [1.807, 2.05) is 91.0 Å². The number of hydrogen-bond donors (Lipinski definition) is 3. The molecule has 0 bridgehead atoms. The summed E-state index contributed by atoms with van der Waals surface area (Å²) in [6.07, 6.45) is 18.6. The smallest absolute Gasteiger partial charge is 0.329 e. The largest absolute Gasteiger partial charge is 0.497 e. The number of carbonyl (C=O) groups excluding carboxylic acids is 1. The van der Waals surface area contributed by atoms with Gasteiger partial charge in [0.1, 0.15) is 23.1 Å². The van der Waals surface area contributed by atoms with E-state index in [9.17, 15) is 38.9 Å². The summed E-state index contributed by atoms with van der Waals surface area (Å²) in [6.45, 7) is 22.4. The average molecular weight is 1690 g/mol. The summed E-state index contributed by atoms with van der Waals surface area (Å²) in [5.41, 5.74) is 19.2. The van der Waals surface area contributed by atoms with Crippen LogP contribution in [0.25, 0.3) is 0 Å². The van der Waals surface area contributed by atoms with Gasteiger partial charge in [0, 0.05) is 67.0 Å². The summed E-state index contributed by atoms with van der Waals surface area (Å²) in [6, 6.07) is 45.2. The van der Waals surface area contributed by atoms with Crippen molar-refractivity contribution >= 4 is 99.1 Å². The van der Waals surface area contributed by atoms with Crippen LogP contribution >= 0.6 is 35.3 Å². The van der Waals surface area contributed by atoms with Gasteiger partial charge in [0.2, 0.25) is 0 Å². The maximum atomic E-state index is 13.1. The van der Waals surface area contributed by atoms with Gasteiger partial charge in [-0.15, -0.1) is 35.3 Å². The summed E-state index contributed by atoms with van der Waals surface area (Å²) < 4.78 is 44.2. The highest BCUT2D eigenvalue weighted by molar-refractivity contribution is 8.04. The van der Waals surface area contributed by atoms with Crippen LogP contribution in [0.2, 0.25) is 0 Å². The van der Waals surface area contributed by atoms with Crippen LogP contribution in [0.1, 0.15) is 169 Å². The lowest BCUT2D eigenvalue weighted by Crippen LogP contribution is -2.33. The van der Waals surface area contributed by atoms with Crippen LogP contribution in [0.5, 0.6) is 28.7 Å². The van der Waals surface area contributed by atoms with E-state index in [2.05, 4.69) is 139 Å². The standard InChI is InChI=1S/C23H27NO2.C20H25NO4S.C19H25NO3.C18H20FNO2S.C18H21NO2S/c1-23(2)15-18(13-17-5-9-21(25-3)10-6-17)14-20(16-23)24-19-7-11-22(26-4)12-8-19;1-20(2)9-13(7-12-5-6-16(24-3)17(8-12)25-4)18-14(10-20)21-15(11-26-18)19(22)23;1-19(2)12-14(5-10-18(21)23-4)11-16(13-19)20-15-6-8-17(22-3)9-7-15;1-18(2)8-12(7-11-3-5-13(19)6-4-11)16-14(9-18)20-15(10-23-16)17(21)22;1-18(2)9-13(8-12-6-4-3-5-7-12)16-14(10-18)19-15(11-22-16)17(20)21/h5-12,14H,13,15-16H2,1-4H3;5-6,8,15H,7,9-11H2,1-4H3,(H,22,23);6-9,11H,5,10,12-13H2,1-4H3;3-6,15H,7-10H2,1-2H3,(H,21,22);3-7,15H,8-11H2,1-2H3,(H,20,21). The van der Waals surface area contributed by atoms with Gasteiger partial charge in [-0.3, -0.25) is 29.8 Å². The lowest BCUT2D eigenvalue weighted by molar-refractivity contribution is -0.141. The Labute approximate surface area is 721 Å². The molecule has 0 saturated carbocycles. The zero-order chi connectivity index (χ0) is 86.7. The first-order chi connectivity index (χ1) is 57.0. The molecule has 3 N–H and O–H groups in total. The highest BCUT2D eigenvalue weighted by Gasteiger charge is 2.40. The summed E-state index contributed by atoms with van der Waals surface area (Å²) in [5, 5.41) is 27.7. The van der Waals surface area contributed by atoms with E-state index in [1.54, 1.807) is 70.8 Å². The van der Waals surface area contributed by atoms with E-state index < -0.39 is 36.0 Å². The number of benzene rings is 6. The molecule has 0 spiro atoms. The highest BCUT2D eigenvalue weighted by Crippen LogP contribution is 2.49. The zero-order valence-electron chi connectivity index (χ0n) is 72.4. The molecule has 3 heterocycles. The van der Waals surface area contributed by atoms with Gasteiger partial charge in [0.15, 0.2) is 29.6 Å². The number of halogens is 1. The number of thioether (sulfide) groups is 3. The van der Waals surface area contributed by atoms with Gasteiger partial charge in [-0.2, -0.15) is 0 Å². The number of hydrogen-bond acceptors (Lipinski definition) is 18. The van der Waals surface area contributed by atoms with Crippen LogP contribution in [0, 0.1) is 32.9 Å². The fourth-order valence-corrected chi connectivity index (χ4v) is 20.1. The number of carboxylic acid groups (broad SMARTS) is 3. The third-order valence-corrected chi connectivity index (χ3v) is 25.7. The Morgan fingerprint density at radius 2 is 0.750 bits per heavy atom. The second-order valence-corrected chi connectivity index (χ2v) is 38.8. The first kappa shape index (κ1) is 92.5. The van der Waals surface area contributed by atoms with Crippen molar-refractivity contribution in [2.24, 2.45) is 52.0 Å². The minimum Gasteiger partial charge on any atom is -0.497 e. The number of carbonyl (C=O) groups is 4. The molecule has 8 aliphatic rings. The van der Waals surface area contributed by atoms with E-state index in [0.717, 1.165) is 181 Å². The second-order valence-electron chi connectivity index (χ2n) is 35.7. The second kappa shape index (κ2) is 41.7. The number of esters is 1. The van der Waals surface area contributed by atoms with Gasteiger partial charge in [-0.05, 0) is 259 Å². The number of allylic oxidation sites excluding steroid dienone is 10. The number of nitrogens with zero attached hydrogens (tertiary/aromatic N) is 5. The molecule has 22 heteroatoms. The Morgan fingerprint density at radius 3 is 1.14 bits per heavy atom. The van der Waals surface area contributed by atoms with Crippen LogP contribution < -0.4 is 23.7 Å². The van der Waals surface area contributed by atoms with Gasteiger partial charge in [-0.1, -0.05) is 141 Å². The van der Waals surface area contributed by atoms with Gasteiger partial charge < -0.3 is 43.7 Å². The number of fused-ring (bicyclic) bond motifs is 3. The van der Waals surface area contributed by atoms with Gasteiger partial charge in [0.05, 0.1) is 54.0 Å². The Morgan fingerprint density at radius 1 is 0.400 bits per heavy atom. The van der Waals surface area contributed by atoms with Crippen LogP contribution in [0.3, 0.4) is 0 Å². The molecule has 0 radical (unpaired) electrons. The molecular weight excluding hydrogens is 1570 g/mol. The molecular formula is C98H118FN5O13S3. The SMILES string of the molecule is CC1(C)CC2=NC(C(=O)O)CSC2=C(Cc2ccc(F)cc2)C1.CC1(C)CC2=NC(C(=O)O)CSC2=C(Cc2ccccc2)C1.COC(=O)CCC1=CC(=Nc2ccc(OC)cc2)CC(C)(C)C1.COc1ccc(CC2=C3SCC(C(=O)O)N=C3CC(C)(C)C2)cc1OC.COc1ccc(CC2=CC(=Nc3ccc(OC)cc3)CC(C)(C)C2)cc1. The maximum Gasteiger partial charge on any atom is 0.329 e. The predicted molar refractivity (Wildman–Crippen MR) is 488 cm³/mol. The van der Waals surface area contributed by atoms with E-state index in [1.165, 1.54) is 68.0 Å². The lowest BCUT2D eigenvalue weighted by atomic mass is 9.75. The van der Waals surface area contributed by atoms with Crippen molar-refractivity contribution in [3.63, 3.8) is 0 Å². The van der Waals surface area contributed by atoms with Crippen molar-refractivity contribution in [2.75, 3.05) is 59.9 Å². The van der Waals surface area contributed by atoms with Crippen molar-refractivity contribution in [3.05, 3.63) is 228 Å². The minimum atomic E-state index is -0.854. The van der Waals surface area contributed by atoms with E-state index >= 15 is 0 Å². The van der Waals surface area contributed by atoms with Crippen molar-refractivity contribution in [3.8, 4) is 28.7 Å². The molecule has 120 heavy (non-hydrogen) atoms. The number of methoxy groups -OCH3 is 6. The molecule has 0 fully saturated rings. The summed E-state index contributed by atoms with van der Waals surface area (Å²) >= 11 is 4.93. The molecule has 0 aromatic heterocycles. The van der Waals surface area contributed by atoms with Crippen molar-refractivity contribution in [1.29, 1.82) is 0 Å². The third kappa shape index (κ3) is 27.4. The zero-order valence-corrected chi connectivity index (χ0v) is 74.9. The molecule has 3 aliphatic heterocycles. The molecule has 6 aromatic carbocycles. The third-order valence-electron chi connectivity index (χ3n) is 21.8. The van der Waals surface area contributed by atoms with Gasteiger partial charge >= 0.3 is 23.9 Å². The first-order valence-corrected chi connectivity index (χ1v) is 43.9. The Bertz CT molecular complexity index is 4980. The number of aliphatic carboxylic acids is 3. The van der Waals surface area contributed by atoms with E-state index in [-0.39, 0.29) is 38.9 Å².